The topological polar surface area (TPSA) is 64.1 Å². The Labute approximate surface area is 153 Å². The van der Waals surface area contributed by atoms with Crippen molar-refractivity contribution in [3.05, 3.63) is 64.1 Å². The number of ether oxygens (including phenoxy) is 1. The number of hydrogen-bond acceptors (Lipinski definition) is 5. The average Bonchev–Trinajstić information content (AvgIpc) is 3.25. The number of carbonyl (C=O) groups is 1. The summed E-state index contributed by atoms with van der Waals surface area (Å²) in [6.45, 7) is 2.19. The van der Waals surface area contributed by atoms with E-state index in [-0.39, 0.29) is 17.8 Å². The van der Waals surface area contributed by atoms with E-state index in [2.05, 4.69) is 15.3 Å². The van der Waals surface area contributed by atoms with E-state index in [4.69, 9.17) is 4.74 Å². The molecule has 0 saturated carbocycles. The summed E-state index contributed by atoms with van der Waals surface area (Å²) in [6, 6.07) is 6.61. The summed E-state index contributed by atoms with van der Waals surface area (Å²) in [5, 5.41) is 5.41. The van der Waals surface area contributed by atoms with Crippen LogP contribution in [0.3, 0.4) is 0 Å². The van der Waals surface area contributed by atoms with Gasteiger partial charge in [0.1, 0.15) is 23.4 Å². The summed E-state index contributed by atoms with van der Waals surface area (Å²) in [5.74, 6) is 0.115. The zero-order valence-electron chi connectivity index (χ0n) is 14.0. The summed E-state index contributed by atoms with van der Waals surface area (Å²) in [7, 11) is 0. The van der Waals surface area contributed by atoms with E-state index in [0.29, 0.717) is 30.0 Å². The summed E-state index contributed by atoms with van der Waals surface area (Å²) in [4.78, 5) is 20.4. The molecule has 1 aliphatic heterocycles. The van der Waals surface area contributed by atoms with Gasteiger partial charge in [-0.1, -0.05) is 6.07 Å². The minimum absolute atomic E-state index is 0.229. The molecule has 1 atom stereocenters. The molecule has 0 aliphatic carbocycles. The molecule has 7 heteroatoms. The van der Waals surface area contributed by atoms with Gasteiger partial charge in [-0.3, -0.25) is 9.78 Å². The molecule has 1 N–H and O–H groups in total. The maximum absolute atomic E-state index is 14.0. The number of aryl methyl sites for hydroxylation is 1. The number of thiazole rings is 1. The Bertz CT molecular complexity index is 959. The van der Waals surface area contributed by atoms with Gasteiger partial charge in [0.2, 0.25) is 0 Å². The fraction of sp³-hybridized carbons (Fsp3) is 0.211. The molecule has 0 saturated heterocycles. The molecule has 0 fully saturated rings. The summed E-state index contributed by atoms with van der Waals surface area (Å²) < 4.78 is 20.0. The SMILES string of the molecule is Cc1nc(C(=O)NC[C@@H]2Cc3cc(F)cc(-c4cccnc4)c3O2)cs1. The van der Waals surface area contributed by atoms with Crippen molar-refractivity contribution in [2.75, 3.05) is 6.54 Å². The zero-order valence-corrected chi connectivity index (χ0v) is 14.8. The van der Waals surface area contributed by atoms with Gasteiger partial charge in [0.15, 0.2) is 0 Å². The molecule has 0 radical (unpaired) electrons. The number of nitrogens with zero attached hydrogens (tertiary/aromatic N) is 2. The van der Waals surface area contributed by atoms with Crippen LogP contribution < -0.4 is 10.1 Å². The summed E-state index contributed by atoms with van der Waals surface area (Å²) in [6.07, 6.45) is 3.64. The molecule has 0 unspecified atom stereocenters. The van der Waals surface area contributed by atoms with Crippen LogP contribution >= 0.6 is 11.3 Å². The summed E-state index contributed by atoms with van der Waals surface area (Å²) >= 11 is 1.43. The van der Waals surface area contributed by atoms with E-state index < -0.39 is 0 Å². The highest BCUT2D eigenvalue weighted by Gasteiger charge is 2.27. The Morgan fingerprint density at radius 2 is 2.35 bits per heavy atom. The molecular weight excluding hydrogens is 353 g/mol. The van der Waals surface area contributed by atoms with Crippen LogP contribution in [0, 0.1) is 12.7 Å². The summed E-state index contributed by atoms with van der Waals surface area (Å²) in [5.41, 5.74) is 2.68. The third-order valence-electron chi connectivity index (χ3n) is 4.18. The van der Waals surface area contributed by atoms with E-state index in [1.807, 2.05) is 13.0 Å². The van der Waals surface area contributed by atoms with Crippen molar-refractivity contribution in [1.82, 2.24) is 15.3 Å². The van der Waals surface area contributed by atoms with Gasteiger partial charge < -0.3 is 10.1 Å². The largest absolute Gasteiger partial charge is 0.487 e. The van der Waals surface area contributed by atoms with Crippen molar-refractivity contribution in [2.45, 2.75) is 19.4 Å². The van der Waals surface area contributed by atoms with Crippen molar-refractivity contribution in [3.8, 4) is 16.9 Å². The number of nitrogens with one attached hydrogen (secondary N) is 1. The molecule has 1 aromatic carbocycles. The first-order valence-electron chi connectivity index (χ1n) is 8.20. The molecule has 1 amide bonds. The van der Waals surface area contributed by atoms with Crippen LogP contribution in [0.4, 0.5) is 4.39 Å². The zero-order chi connectivity index (χ0) is 18.1. The molecule has 0 spiro atoms. The Balaban J connectivity index is 1.49. The van der Waals surface area contributed by atoms with Gasteiger partial charge in [-0.05, 0) is 25.1 Å². The van der Waals surface area contributed by atoms with Crippen molar-refractivity contribution in [1.29, 1.82) is 0 Å². The predicted molar refractivity (Wildman–Crippen MR) is 96.9 cm³/mol. The lowest BCUT2D eigenvalue weighted by atomic mass is 10.0. The number of aromatic nitrogens is 2. The Morgan fingerprint density at radius 3 is 3.08 bits per heavy atom. The number of fused-ring (bicyclic) bond motifs is 1. The lowest BCUT2D eigenvalue weighted by Gasteiger charge is -2.13. The molecule has 3 heterocycles. The highest BCUT2D eigenvalue weighted by atomic mass is 32.1. The standard InChI is InChI=1S/C19H16FN3O2S/c1-11-23-17(10-26-11)19(24)22-9-15-6-13-5-14(20)7-16(18(13)25-15)12-3-2-4-21-8-12/h2-5,7-8,10,15H,6,9H2,1H3,(H,22,24)/t15-/m0/s1. The maximum atomic E-state index is 14.0. The fourth-order valence-electron chi connectivity index (χ4n) is 3.01. The van der Waals surface area contributed by atoms with Gasteiger partial charge in [0, 0.05) is 40.9 Å². The van der Waals surface area contributed by atoms with Gasteiger partial charge in [0.25, 0.3) is 5.91 Å². The van der Waals surface area contributed by atoms with Crippen LogP contribution in [-0.4, -0.2) is 28.5 Å². The van der Waals surface area contributed by atoms with Crippen molar-refractivity contribution < 1.29 is 13.9 Å². The molecule has 1 aliphatic rings. The molecule has 26 heavy (non-hydrogen) atoms. The lowest BCUT2D eigenvalue weighted by molar-refractivity contribution is 0.0929. The van der Waals surface area contributed by atoms with Gasteiger partial charge in [-0.25, -0.2) is 9.37 Å². The third-order valence-corrected chi connectivity index (χ3v) is 4.95. The Kier molecular flexibility index (Phi) is 4.38. The van der Waals surface area contributed by atoms with Crippen molar-refractivity contribution >= 4 is 17.2 Å². The molecule has 2 aromatic heterocycles. The molecule has 5 nitrogen and oxygen atoms in total. The molecule has 0 bridgehead atoms. The van der Waals surface area contributed by atoms with Crippen LogP contribution in [0.1, 0.15) is 21.1 Å². The average molecular weight is 369 g/mol. The van der Waals surface area contributed by atoms with Gasteiger partial charge in [-0.2, -0.15) is 0 Å². The van der Waals surface area contributed by atoms with E-state index >= 15 is 0 Å². The number of pyridine rings is 1. The molecule has 3 aromatic rings. The van der Waals surface area contributed by atoms with E-state index in [1.165, 1.54) is 23.5 Å². The van der Waals surface area contributed by atoms with E-state index in [1.54, 1.807) is 23.8 Å². The first kappa shape index (κ1) is 16.7. The number of rotatable bonds is 4. The van der Waals surface area contributed by atoms with Crippen molar-refractivity contribution in [2.24, 2.45) is 0 Å². The van der Waals surface area contributed by atoms with Gasteiger partial charge in [-0.15, -0.1) is 11.3 Å². The number of hydrogen-bond donors (Lipinski definition) is 1. The predicted octanol–water partition coefficient (Wildman–Crippen LogP) is 3.39. The van der Waals surface area contributed by atoms with Gasteiger partial charge in [0.05, 0.1) is 11.6 Å². The smallest absolute Gasteiger partial charge is 0.270 e. The Morgan fingerprint density at radius 1 is 1.46 bits per heavy atom. The fourth-order valence-corrected chi connectivity index (χ4v) is 3.60. The number of benzene rings is 1. The lowest BCUT2D eigenvalue weighted by Crippen LogP contribution is -2.34. The minimum atomic E-state index is -0.311. The second-order valence-electron chi connectivity index (χ2n) is 6.09. The normalized spacial score (nSPS) is 15.4. The third kappa shape index (κ3) is 3.30. The van der Waals surface area contributed by atoms with Crippen LogP contribution in [0.2, 0.25) is 0 Å². The first-order valence-corrected chi connectivity index (χ1v) is 9.08. The molecule has 4 rings (SSSR count). The maximum Gasteiger partial charge on any atom is 0.270 e. The van der Waals surface area contributed by atoms with Crippen LogP contribution in [-0.2, 0) is 6.42 Å². The number of carbonyl (C=O) groups excluding carboxylic acids is 1. The second-order valence-corrected chi connectivity index (χ2v) is 7.15. The Hall–Kier alpha value is -2.80. The second kappa shape index (κ2) is 6.84. The van der Waals surface area contributed by atoms with Crippen LogP contribution in [0.15, 0.2) is 42.0 Å². The molecule has 132 valence electrons. The highest BCUT2D eigenvalue weighted by molar-refractivity contribution is 7.09. The first-order chi connectivity index (χ1) is 12.6. The quantitative estimate of drug-likeness (QED) is 0.766. The van der Waals surface area contributed by atoms with E-state index in [0.717, 1.165) is 16.1 Å². The van der Waals surface area contributed by atoms with E-state index in [9.17, 15) is 9.18 Å². The van der Waals surface area contributed by atoms with Crippen LogP contribution in [0.5, 0.6) is 5.75 Å². The number of amides is 1. The van der Waals surface area contributed by atoms with Gasteiger partial charge >= 0.3 is 0 Å². The van der Waals surface area contributed by atoms with Crippen molar-refractivity contribution in [3.63, 3.8) is 0 Å². The monoisotopic (exact) mass is 369 g/mol. The molecular formula is C19H16FN3O2S. The number of halogens is 1. The van der Waals surface area contributed by atoms with Crippen LogP contribution in [0.25, 0.3) is 11.1 Å². The highest BCUT2D eigenvalue weighted by Crippen LogP contribution is 2.39. The minimum Gasteiger partial charge on any atom is -0.487 e.